The van der Waals surface area contributed by atoms with Gasteiger partial charge in [-0.15, -0.1) is 0 Å². The highest BCUT2D eigenvalue weighted by Gasteiger charge is 2.31. The molecule has 2 rings (SSSR count). The van der Waals surface area contributed by atoms with Crippen LogP contribution < -0.4 is 5.32 Å². The molecule has 1 fully saturated rings. The molecular formula is C13H13F2NO3. The molecule has 0 spiro atoms. The van der Waals surface area contributed by atoms with Crippen LogP contribution >= 0.6 is 0 Å². The van der Waals surface area contributed by atoms with Crippen LogP contribution in [0.1, 0.15) is 29.6 Å². The summed E-state index contributed by atoms with van der Waals surface area (Å²) >= 11 is 0. The average molecular weight is 269 g/mol. The Morgan fingerprint density at radius 2 is 1.84 bits per heavy atom. The molecule has 0 saturated heterocycles. The smallest absolute Gasteiger partial charge is 0.306 e. The van der Waals surface area contributed by atoms with E-state index >= 15 is 0 Å². The van der Waals surface area contributed by atoms with Gasteiger partial charge in [0.05, 0.1) is 5.92 Å². The van der Waals surface area contributed by atoms with Gasteiger partial charge in [0.15, 0.2) is 0 Å². The molecular weight excluding hydrogens is 256 g/mol. The summed E-state index contributed by atoms with van der Waals surface area (Å²) in [5, 5.41) is 11.3. The molecule has 19 heavy (non-hydrogen) atoms. The largest absolute Gasteiger partial charge is 0.481 e. The average Bonchev–Trinajstić information content (AvgIpc) is 2.77. The molecule has 1 saturated carbocycles. The summed E-state index contributed by atoms with van der Waals surface area (Å²) in [5.41, 5.74) is -0.624. The number of carboxylic acid groups (broad SMARTS) is 1. The third-order valence-corrected chi connectivity index (χ3v) is 3.31. The lowest BCUT2D eigenvalue weighted by atomic mass is 10.1. The highest BCUT2D eigenvalue weighted by Crippen LogP contribution is 2.26. The van der Waals surface area contributed by atoms with Crippen molar-refractivity contribution in [2.45, 2.75) is 25.3 Å². The zero-order chi connectivity index (χ0) is 14.0. The quantitative estimate of drug-likeness (QED) is 0.881. The van der Waals surface area contributed by atoms with Crippen molar-refractivity contribution in [3.05, 3.63) is 35.4 Å². The van der Waals surface area contributed by atoms with Gasteiger partial charge in [0, 0.05) is 6.04 Å². The number of amides is 1. The number of carboxylic acids is 1. The van der Waals surface area contributed by atoms with E-state index in [-0.39, 0.29) is 12.5 Å². The number of hydrogen-bond acceptors (Lipinski definition) is 2. The summed E-state index contributed by atoms with van der Waals surface area (Å²) in [5.74, 6) is -4.10. The first kappa shape index (κ1) is 13.5. The topological polar surface area (TPSA) is 66.4 Å². The molecule has 0 aliphatic heterocycles. The Morgan fingerprint density at radius 1 is 1.21 bits per heavy atom. The van der Waals surface area contributed by atoms with E-state index in [1.165, 1.54) is 6.07 Å². The van der Waals surface area contributed by atoms with E-state index < -0.39 is 35.0 Å². The van der Waals surface area contributed by atoms with Gasteiger partial charge >= 0.3 is 5.97 Å². The van der Waals surface area contributed by atoms with Gasteiger partial charge in [-0.05, 0) is 31.4 Å². The second kappa shape index (κ2) is 5.34. The number of rotatable bonds is 3. The van der Waals surface area contributed by atoms with Gasteiger partial charge in [0.25, 0.3) is 5.91 Å². The van der Waals surface area contributed by atoms with Gasteiger partial charge in [0.1, 0.15) is 17.2 Å². The maximum absolute atomic E-state index is 13.4. The van der Waals surface area contributed by atoms with Gasteiger partial charge in [-0.3, -0.25) is 9.59 Å². The normalized spacial score (nSPS) is 22.2. The van der Waals surface area contributed by atoms with Crippen LogP contribution in [0.4, 0.5) is 8.78 Å². The summed E-state index contributed by atoms with van der Waals surface area (Å²) in [6.45, 7) is 0. The number of aliphatic carboxylic acids is 1. The van der Waals surface area contributed by atoms with Crippen LogP contribution in [0.25, 0.3) is 0 Å². The van der Waals surface area contributed by atoms with E-state index in [0.717, 1.165) is 12.1 Å². The van der Waals surface area contributed by atoms with E-state index in [2.05, 4.69) is 5.32 Å². The fourth-order valence-corrected chi connectivity index (χ4v) is 2.31. The summed E-state index contributed by atoms with van der Waals surface area (Å²) in [6, 6.07) is 2.84. The number of carbonyl (C=O) groups excluding carboxylic acids is 1. The second-order valence-corrected chi connectivity index (χ2v) is 4.62. The lowest BCUT2D eigenvalue weighted by Crippen LogP contribution is -2.34. The minimum absolute atomic E-state index is 0.289. The summed E-state index contributed by atoms with van der Waals surface area (Å²) < 4.78 is 26.8. The summed E-state index contributed by atoms with van der Waals surface area (Å²) in [6.07, 6.45) is 1.25. The lowest BCUT2D eigenvalue weighted by Gasteiger charge is -2.13. The number of nitrogens with one attached hydrogen (secondary N) is 1. The molecule has 0 radical (unpaired) electrons. The predicted octanol–water partition coefficient (Wildman–Crippen LogP) is 1.95. The Morgan fingerprint density at radius 3 is 2.37 bits per heavy atom. The Kier molecular flexibility index (Phi) is 3.78. The molecule has 0 unspecified atom stereocenters. The van der Waals surface area contributed by atoms with Crippen LogP contribution in [0, 0.1) is 17.6 Å². The first-order valence-electron chi connectivity index (χ1n) is 5.96. The summed E-state index contributed by atoms with van der Waals surface area (Å²) in [4.78, 5) is 22.6. The molecule has 102 valence electrons. The highest BCUT2D eigenvalue weighted by molar-refractivity contribution is 5.95. The molecule has 2 N–H and O–H groups in total. The lowest BCUT2D eigenvalue weighted by molar-refractivity contribution is -0.141. The molecule has 6 heteroatoms. The fourth-order valence-electron chi connectivity index (χ4n) is 2.31. The van der Waals surface area contributed by atoms with Crippen LogP contribution in [0.2, 0.25) is 0 Å². The molecule has 4 nitrogen and oxygen atoms in total. The van der Waals surface area contributed by atoms with Crippen molar-refractivity contribution < 1.29 is 23.5 Å². The number of carbonyl (C=O) groups is 2. The first-order valence-corrected chi connectivity index (χ1v) is 5.96. The molecule has 0 heterocycles. The molecule has 1 aromatic carbocycles. The Labute approximate surface area is 108 Å². The number of hydrogen-bond donors (Lipinski definition) is 2. The van der Waals surface area contributed by atoms with Crippen LogP contribution in [0.15, 0.2) is 18.2 Å². The van der Waals surface area contributed by atoms with Crippen LogP contribution in [0.5, 0.6) is 0 Å². The number of benzene rings is 1. The maximum Gasteiger partial charge on any atom is 0.306 e. The minimum Gasteiger partial charge on any atom is -0.481 e. The van der Waals surface area contributed by atoms with Crippen molar-refractivity contribution in [1.82, 2.24) is 5.32 Å². The number of halogens is 2. The van der Waals surface area contributed by atoms with Crippen molar-refractivity contribution in [1.29, 1.82) is 0 Å². The van der Waals surface area contributed by atoms with E-state index in [0.29, 0.717) is 12.8 Å². The van der Waals surface area contributed by atoms with Crippen LogP contribution in [0.3, 0.4) is 0 Å². The van der Waals surface area contributed by atoms with Crippen molar-refractivity contribution in [3.8, 4) is 0 Å². The van der Waals surface area contributed by atoms with Crippen LogP contribution in [-0.4, -0.2) is 23.0 Å². The SMILES string of the molecule is O=C(N[C@H]1CC[C@@H](C(=O)O)C1)c1c(F)cccc1F. The van der Waals surface area contributed by atoms with E-state index in [4.69, 9.17) is 5.11 Å². The Balaban J connectivity index is 2.05. The van der Waals surface area contributed by atoms with Gasteiger partial charge in [-0.1, -0.05) is 6.07 Å². The molecule has 0 bridgehead atoms. The zero-order valence-electron chi connectivity index (χ0n) is 10.0. The molecule has 1 aliphatic carbocycles. The van der Waals surface area contributed by atoms with Gasteiger partial charge in [-0.25, -0.2) is 8.78 Å². The standard InChI is InChI=1S/C13H13F2NO3/c14-9-2-1-3-10(15)11(9)12(17)16-8-5-4-7(6-8)13(18)19/h1-3,7-8H,4-6H2,(H,16,17)(H,18,19)/t7-,8+/m1/s1. The summed E-state index contributed by atoms with van der Waals surface area (Å²) in [7, 11) is 0. The Hall–Kier alpha value is -1.98. The molecule has 2 atom stereocenters. The maximum atomic E-state index is 13.4. The van der Waals surface area contributed by atoms with Crippen molar-refractivity contribution in [3.63, 3.8) is 0 Å². The molecule has 0 aromatic heterocycles. The van der Waals surface area contributed by atoms with Crippen LogP contribution in [-0.2, 0) is 4.79 Å². The zero-order valence-corrected chi connectivity index (χ0v) is 10.0. The molecule has 1 aliphatic rings. The van der Waals surface area contributed by atoms with Gasteiger partial charge in [-0.2, -0.15) is 0 Å². The van der Waals surface area contributed by atoms with E-state index in [1.54, 1.807) is 0 Å². The fraction of sp³-hybridized carbons (Fsp3) is 0.385. The van der Waals surface area contributed by atoms with Gasteiger partial charge < -0.3 is 10.4 Å². The van der Waals surface area contributed by atoms with Gasteiger partial charge in [0.2, 0.25) is 0 Å². The van der Waals surface area contributed by atoms with Crippen molar-refractivity contribution in [2.24, 2.45) is 5.92 Å². The predicted molar refractivity (Wildman–Crippen MR) is 62.6 cm³/mol. The first-order chi connectivity index (χ1) is 8.99. The van der Waals surface area contributed by atoms with E-state index in [9.17, 15) is 18.4 Å². The highest BCUT2D eigenvalue weighted by atomic mass is 19.1. The van der Waals surface area contributed by atoms with Crippen molar-refractivity contribution in [2.75, 3.05) is 0 Å². The molecule has 1 aromatic rings. The second-order valence-electron chi connectivity index (χ2n) is 4.62. The minimum atomic E-state index is -0.926. The Bertz CT molecular complexity index is 498. The third kappa shape index (κ3) is 2.89. The molecule has 1 amide bonds. The van der Waals surface area contributed by atoms with E-state index in [1.807, 2.05) is 0 Å². The third-order valence-electron chi connectivity index (χ3n) is 3.31. The monoisotopic (exact) mass is 269 g/mol. The van der Waals surface area contributed by atoms with Crippen molar-refractivity contribution >= 4 is 11.9 Å².